The summed E-state index contributed by atoms with van der Waals surface area (Å²) >= 11 is 0. The molecule has 6 heteroatoms. The van der Waals surface area contributed by atoms with Crippen molar-refractivity contribution < 1.29 is 13.8 Å². The molecule has 19 heavy (non-hydrogen) atoms. The van der Waals surface area contributed by atoms with Crippen molar-refractivity contribution in [2.75, 3.05) is 18.1 Å². The lowest BCUT2D eigenvalue weighted by molar-refractivity contribution is -0.150. The lowest BCUT2D eigenvalue weighted by Crippen LogP contribution is -2.64. The number of rotatable bonds is 1. The molecular formula is C13H22N2O3S. The summed E-state index contributed by atoms with van der Waals surface area (Å²) in [5.41, 5.74) is -0.289. The standard InChI is InChI=1S/C13H22N2O3S/c1-13(2,3)11-12(17)15(8-10(16)14-11)9-4-6-19(18)7-5-9/h9,11H,4-8H2,1-3H3,(H,14,16). The summed E-state index contributed by atoms with van der Waals surface area (Å²) in [5.74, 6) is 1.18. The van der Waals surface area contributed by atoms with Gasteiger partial charge in [0.2, 0.25) is 11.8 Å². The van der Waals surface area contributed by atoms with E-state index in [1.807, 2.05) is 20.8 Å². The van der Waals surface area contributed by atoms with Crippen LogP contribution in [0, 0.1) is 5.41 Å². The lowest BCUT2D eigenvalue weighted by Gasteiger charge is -2.43. The van der Waals surface area contributed by atoms with Crippen LogP contribution in [0.5, 0.6) is 0 Å². The Balaban J connectivity index is 2.13. The predicted octanol–water partition coefficient (Wildman–Crippen LogP) is 0.271. The van der Waals surface area contributed by atoms with Gasteiger partial charge in [0.15, 0.2) is 0 Å². The highest BCUT2D eigenvalue weighted by Gasteiger charge is 2.42. The molecule has 1 N–H and O–H groups in total. The molecule has 2 aliphatic heterocycles. The smallest absolute Gasteiger partial charge is 0.246 e. The predicted molar refractivity (Wildman–Crippen MR) is 74.0 cm³/mol. The molecule has 1 unspecified atom stereocenters. The third-order valence-corrected chi connectivity index (χ3v) is 5.20. The van der Waals surface area contributed by atoms with Gasteiger partial charge >= 0.3 is 0 Å². The SMILES string of the molecule is CC(C)(C)C1NC(=O)CN(C2CCS(=O)CC2)C1=O. The van der Waals surface area contributed by atoms with Crippen LogP contribution in [0.3, 0.4) is 0 Å². The number of carbonyl (C=O) groups excluding carboxylic acids is 2. The summed E-state index contributed by atoms with van der Waals surface area (Å²) < 4.78 is 11.4. The summed E-state index contributed by atoms with van der Waals surface area (Å²) in [6, 6.07) is -0.387. The monoisotopic (exact) mass is 286 g/mol. The number of hydrogen-bond acceptors (Lipinski definition) is 3. The van der Waals surface area contributed by atoms with Gasteiger partial charge in [0.1, 0.15) is 6.04 Å². The Kier molecular flexibility index (Phi) is 3.99. The second-order valence-electron chi connectivity index (χ2n) is 6.41. The van der Waals surface area contributed by atoms with Crippen LogP contribution in [0.1, 0.15) is 33.6 Å². The molecule has 0 saturated carbocycles. The molecular weight excluding hydrogens is 264 g/mol. The van der Waals surface area contributed by atoms with Gasteiger partial charge in [-0.05, 0) is 18.3 Å². The van der Waals surface area contributed by atoms with Gasteiger partial charge in [-0.2, -0.15) is 0 Å². The highest BCUT2D eigenvalue weighted by molar-refractivity contribution is 7.85. The first-order valence-corrected chi connectivity index (χ1v) is 8.22. The maximum atomic E-state index is 12.5. The Hall–Kier alpha value is -0.910. The summed E-state index contributed by atoms with van der Waals surface area (Å²) in [5, 5.41) is 2.79. The van der Waals surface area contributed by atoms with Crippen molar-refractivity contribution in [1.82, 2.24) is 10.2 Å². The normalized spacial score (nSPS) is 33.2. The molecule has 2 heterocycles. The van der Waals surface area contributed by atoms with Crippen molar-refractivity contribution in [3.05, 3.63) is 0 Å². The van der Waals surface area contributed by atoms with E-state index in [0.29, 0.717) is 11.5 Å². The van der Waals surface area contributed by atoms with Gasteiger partial charge in [0, 0.05) is 28.3 Å². The minimum atomic E-state index is -0.750. The topological polar surface area (TPSA) is 66.5 Å². The molecule has 0 bridgehead atoms. The fourth-order valence-corrected chi connectivity index (χ4v) is 3.93. The van der Waals surface area contributed by atoms with Gasteiger partial charge in [0.25, 0.3) is 0 Å². The van der Waals surface area contributed by atoms with Gasteiger partial charge in [-0.15, -0.1) is 0 Å². The van der Waals surface area contributed by atoms with E-state index in [1.165, 1.54) is 0 Å². The van der Waals surface area contributed by atoms with Gasteiger partial charge in [-0.3, -0.25) is 13.8 Å². The van der Waals surface area contributed by atoms with E-state index >= 15 is 0 Å². The van der Waals surface area contributed by atoms with E-state index < -0.39 is 16.8 Å². The molecule has 1 atom stereocenters. The first-order valence-electron chi connectivity index (χ1n) is 6.74. The molecule has 0 aromatic carbocycles. The van der Waals surface area contributed by atoms with Crippen molar-refractivity contribution in [1.29, 1.82) is 0 Å². The Morgan fingerprint density at radius 2 is 1.79 bits per heavy atom. The maximum absolute atomic E-state index is 12.5. The fraction of sp³-hybridized carbons (Fsp3) is 0.846. The molecule has 0 aromatic rings. The van der Waals surface area contributed by atoms with Crippen molar-refractivity contribution in [2.45, 2.75) is 45.7 Å². The van der Waals surface area contributed by atoms with Gasteiger partial charge in [-0.1, -0.05) is 20.8 Å². The fourth-order valence-electron chi connectivity index (χ4n) is 2.66. The van der Waals surface area contributed by atoms with Crippen LogP contribution in [0.15, 0.2) is 0 Å². The summed E-state index contributed by atoms with van der Waals surface area (Å²) in [7, 11) is -0.750. The van der Waals surface area contributed by atoms with E-state index in [4.69, 9.17) is 0 Å². The number of nitrogens with zero attached hydrogens (tertiary/aromatic N) is 1. The molecule has 2 rings (SSSR count). The van der Waals surface area contributed by atoms with Crippen LogP contribution in [0.25, 0.3) is 0 Å². The first-order chi connectivity index (χ1) is 8.79. The van der Waals surface area contributed by atoms with Crippen LogP contribution < -0.4 is 5.32 Å². The Bertz CT molecular complexity index is 407. The molecule has 0 spiro atoms. The molecule has 0 radical (unpaired) electrons. The van der Waals surface area contributed by atoms with Gasteiger partial charge in [-0.25, -0.2) is 0 Å². The maximum Gasteiger partial charge on any atom is 0.246 e. The lowest BCUT2D eigenvalue weighted by atomic mass is 9.84. The summed E-state index contributed by atoms with van der Waals surface area (Å²) in [6.07, 6.45) is 1.48. The largest absolute Gasteiger partial charge is 0.342 e. The molecule has 2 fully saturated rings. The number of carbonyl (C=O) groups is 2. The highest BCUT2D eigenvalue weighted by Crippen LogP contribution is 2.26. The van der Waals surface area contributed by atoms with E-state index in [-0.39, 0.29) is 29.8 Å². The van der Waals surface area contributed by atoms with Crippen LogP contribution in [-0.2, 0) is 20.4 Å². The van der Waals surface area contributed by atoms with E-state index in [0.717, 1.165) is 12.8 Å². The highest BCUT2D eigenvalue weighted by atomic mass is 32.2. The molecule has 2 saturated heterocycles. The van der Waals surface area contributed by atoms with Crippen molar-refractivity contribution in [3.63, 3.8) is 0 Å². The number of nitrogens with one attached hydrogen (secondary N) is 1. The van der Waals surface area contributed by atoms with Crippen LogP contribution in [-0.4, -0.2) is 51.1 Å². The van der Waals surface area contributed by atoms with Crippen LogP contribution >= 0.6 is 0 Å². The van der Waals surface area contributed by atoms with Gasteiger partial charge < -0.3 is 10.2 Å². The van der Waals surface area contributed by atoms with E-state index in [9.17, 15) is 13.8 Å². The zero-order chi connectivity index (χ0) is 14.2. The summed E-state index contributed by atoms with van der Waals surface area (Å²) in [6.45, 7) is 6.00. The second-order valence-corrected chi connectivity index (χ2v) is 8.11. The van der Waals surface area contributed by atoms with Gasteiger partial charge in [0.05, 0.1) is 6.54 Å². The third-order valence-electron chi connectivity index (χ3n) is 3.81. The molecule has 2 aliphatic rings. The third kappa shape index (κ3) is 3.16. The Labute approximate surface area is 116 Å². The average molecular weight is 286 g/mol. The Morgan fingerprint density at radius 3 is 2.32 bits per heavy atom. The van der Waals surface area contributed by atoms with Crippen LogP contribution in [0.2, 0.25) is 0 Å². The number of piperazine rings is 1. The number of hydrogen-bond donors (Lipinski definition) is 1. The van der Waals surface area contributed by atoms with Crippen molar-refractivity contribution in [2.24, 2.45) is 5.41 Å². The minimum Gasteiger partial charge on any atom is -0.342 e. The first kappa shape index (κ1) is 14.5. The molecule has 108 valence electrons. The second kappa shape index (κ2) is 5.23. The van der Waals surface area contributed by atoms with Crippen molar-refractivity contribution in [3.8, 4) is 0 Å². The quantitative estimate of drug-likeness (QED) is 0.752. The van der Waals surface area contributed by atoms with E-state index in [1.54, 1.807) is 4.90 Å². The molecule has 2 amide bonds. The minimum absolute atomic E-state index is 0.00443. The number of amides is 2. The van der Waals surface area contributed by atoms with E-state index in [2.05, 4.69) is 5.32 Å². The molecule has 0 aromatic heterocycles. The Morgan fingerprint density at radius 1 is 1.21 bits per heavy atom. The molecule has 5 nitrogen and oxygen atoms in total. The zero-order valence-corrected chi connectivity index (χ0v) is 12.6. The average Bonchev–Trinajstić information content (AvgIpc) is 2.31. The molecule has 0 aliphatic carbocycles. The van der Waals surface area contributed by atoms with Crippen LogP contribution in [0.4, 0.5) is 0 Å². The zero-order valence-electron chi connectivity index (χ0n) is 11.8. The summed E-state index contributed by atoms with van der Waals surface area (Å²) in [4.78, 5) is 26.1. The van der Waals surface area contributed by atoms with Crippen molar-refractivity contribution >= 4 is 22.6 Å².